The minimum Gasteiger partial charge on any atom is -0.369 e. The van der Waals surface area contributed by atoms with Gasteiger partial charge in [-0.15, -0.1) is 0 Å². The summed E-state index contributed by atoms with van der Waals surface area (Å²) in [6.45, 7) is 2.94. The highest BCUT2D eigenvalue weighted by Gasteiger charge is 2.25. The molecule has 0 bridgehead atoms. The summed E-state index contributed by atoms with van der Waals surface area (Å²) in [6, 6.07) is 9.90. The molecule has 0 amide bonds. The summed E-state index contributed by atoms with van der Waals surface area (Å²) in [5.41, 5.74) is 2.28. The lowest BCUT2D eigenvalue weighted by molar-refractivity contribution is 0.292. The van der Waals surface area contributed by atoms with Crippen LogP contribution in [-0.2, 0) is 0 Å². The average molecular weight is 360 g/mol. The second-order valence-electron chi connectivity index (χ2n) is 6.62. The zero-order chi connectivity index (χ0) is 19.1. The van der Waals surface area contributed by atoms with E-state index in [2.05, 4.69) is 50.8 Å². The molecule has 6 nitrogen and oxygen atoms in total. The Hall–Kier alpha value is -3.09. The minimum absolute atomic E-state index is 0.443. The van der Waals surface area contributed by atoms with Crippen molar-refractivity contribution < 1.29 is 0 Å². The van der Waals surface area contributed by atoms with Crippen molar-refractivity contribution in [1.82, 2.24) is 15.3 Å². The van der Waals surface area contributed by atoms with Crippen molar-refractivity contribution >= 4 is 17.5 Å². The van der Waals surface area contributed by atoms with Crippen LogP contribution in [0.2, 0.25) is 0 Å². The molecule has 0 unspecified atom stereocenters. The summed E-state index contributed by atoms with van der Waals surface area (Å²) in [4.78, 5) is 8.98. The second-order valence-corrected chi connectivity index (χ2v) is 6.62. The summed E-state index contributed by atoms with van der Waals surface area (Å²) < 4.78 is 0. The van der Waals surface area contributed by atoms with Gasteiger partial charge in [-0.1, -0.05) is 18.8 Å². The SMILES string of the molecule is CCCNc1nc(Nc2ccc(C#N)cc2)ncc1C#CC1CC(NC)C1. The molecule has 1 aromatic heterocycles. The first kappa shape index (κ1) is 18.7. The minimum atomic E-state index is 0.443. The first-order valence-corrected chi connectivity index (χ1v) is 9.28. The van der Waals surface area contributed by atoms with Crippen molar-refractivity contribution in [2.45, 2.75) is 32.2 Å². The van der Waals surface area contributed by atoms with E-state index in [-0.39, 0.29) is 0 Å². The highest BCUT2D eigenvalue weighted by molar-refractivity contribution is 5.60. The predicted molar refractivity (Wildman–Crippen MR) is 108 cm³/mol. The first-order chi connectivity index (χ1) is 13.2. The van der Waals surface area contributed by atoms with E-state index in [4.69, 9.17) is 5.26 Å². The third-order valence-electron chi connectivity index (χ3n) is 4.56. The molecule has 27 heavy (non-hydrogen) atoms. The third kappa shape index (κ3) is 4.97. The maximum atomic E-state index is 8.89. The molecule has 1 aliphatic carbocycles. The fourth-order valence-electron chi connectivity index (χ4n) is 2.82. The number of anilines is 3. The molecule has 6 heteroatoms. The molecule has 1 fully saturated rings. The Bertz CT molecular complexity index is 866. The smallest absolute Gasteiger partial charge is 0.229 e. The van der Waals surface area contributed by atoms with Crippen LogP contribution in [0.15, 0.2) is 30.5 Å². The molecule has 1 aromatic carbocycles. The van der Waals surface area contributed by atoms with E-state index >= 15 is 0 Å². The summed E-state index contributed by atoms with van der Waals surface area (Å²) in [5, 5.41) is 18.7. The van der Waals surface area contributed by atoms with Crippen molar-refractivity contribution in [3.63, 3.8) is 0 Å². The molecule has 0 atom stereocenters. The molecule has 2 aromatic rings. The molecule has 1 saturated carbocycles. The number of hydrogen-bond acceptors (Lipinski definition) is 6. The van der Waals surface area contributed by atoms with Crippen LogP contribution in [-0.4, -0.2) is 29.6 Å². The van der Waals surface area contributed by atoms with Gasteiger partial charge in [-0.3, -0.25) is 0 Å². The largest absolute Gasteiger partial charge is 0.369 e. The maximum absolute atomic E-state index is 8.89. The fourth-order valence-corrected chi connectivity index (χ4v) is 2.82. The Labute approximate surface area is 160 Å². The lowest BCUT2D eigenvalue weighted by atomic mass is 9.81. The van der Waals surface area contributed by atoms with E-state index in [1.165, 1.54) is 0 Å². The Kier molecular flexibility index (Phi) is 6.25. The van der Waals surface area contributed by atoms with Crippen molar-refractivity contribution in [3.05, 3.63) is 41.6 Å². The highest BCUT2D eigenvalue weighted by atomic mass is 15.1. The average Bonchev–Trinajstić information content (AvgIpc) is 2.67. The van der Waals surface area contributed by atoms with E-state index in [0.29, 0.717) is 23.5 Å². The molecule has 1 heterocycles. The number of nitriles is 1. The Balaban J connectivity index is 1.74. The van der Waals surface area contributed by atoms with Crippen LogP contribution in [0.5, 0.6) is 0 Å². The van der Waals surface area contributed by atoms with Crippen LogP contribution in [0.3, 0.4) is 0 Å². The lowest BCUT2D eigenvalue weighted by Crippen LogP contribution is -2.38. The third-order valence-corrected chi connectivity index (χ3v) is 4.56. The van der Waals surface area contributed by atoms with Crippen LogP contribution in [0.4, 0.5) is 17.5 Å². The van der Waals surface area contributed by atoms with E-state index in [1.54, 1.807) is 18.3 Å². The summed E-state index contributed by atoms with van der Waals surface area (Å²) in [7, 11) is 1.99. The molecule has 138 valence electrons. The molecular weight excluding hydrogens is 336 g/mol. The summed E-state index contributed by atoms with van der Waals surface area (Å²) in [6.07, 6.45) is 4.96. The van der Waals surface area contributed by atoms with Crippen molar-refractivity contribution in [3.8, 4) is 17.9 Å². The standard InChI is InChI=1S/C21H24N6/c1-3-10-24-20-17(7-4-16-11-19(12-16)23-2)14-25-21(27-20)26-18-8-5-15(13-22)6-9-18/h5-6,8-9,14,16,19,23H,3,10-12H2,1-2H3,(H2,24,25,26,27). The number of rotatable bonds is 6. The summed E-state index contributed by atoms with van der Waals surface area (Å²) in [5.74, 6) is 8.28. The second kappa shape index (κ2) is 9.02. The molecule has 3 rings (SSSR count). The van der Waals surface area contributed by atoms with Crippen LogP contribution >= 0.6 is 0 Å². The van der Waals surface area contributed by atoms with Gasteiger partial charge in [0.05, 0.1) is 23.4 Å². The Morgan fingerprint density at radius 2 is 2.00 bits per heavy atom. The maximum Gasteiger partial charge on any atom is 0.229 e. The summed E-state index contributed by atoms with van der Waals surface area (Å²) >= 11 is 0. The first-order valence-electron chi connectivity index (χ1n) is 9.28. The number of benzene rings is 1. The fraction of sp³-hybridized carbons (Fsp3) is 0.381. The van der Waals surface area contributed by atoms with Gasteiger partial charge < -0.3 is 16.0 Å². The van der Waals surface area contributed by atoms with Crippen LogP contribution in [0.1, 0.15) is 37.3 Å². The molecule has 3 N–H and O–H groups in total. The van der Waals surface area contributed by atoms with E-state index in [9.17, 15) is 0 Å². The van der Waals surface area contributed by atoms with Crippen LogP contribution in [0.25, 0.3) is 0 Å². The van der Waals surface area contributed by atoms with Crippen molar-refractivity contribution in [1.29, 1.82) is 5.26 Å². The number of hydrogen-bond donors (Lipinski definition) is 3. The normalized spacial score (nSPS) is 17.8. The van der Waals surface area contributed by atoms with Gasteiger partial charge in [-0.05, 0) is 50.6 Å². The molecule has 0 aliphatic heterocycles. The van der Waals surface area contributed by atoms with Crippen molar-refractivity contribution in [2.24, 2.45) is 5.92 Å². The number of nitrogens with one attached hydrogen (secondary N) is 3. The van der Waals surface area contributed by atoms with E-state index in [0.717, 1.165) is 42.9 Å². The number of nitrogens with zero attached hydrogens (tertiary/aromatic N) is 3. The van der Waals surface area contributed by atoms with Gasteiger partial charge in [-0.25, -0.2) is 4.98 Å². The molecule has 0 saturated heterocycles. The quantitative estimate of drug-likeness (QED) is 0.686. The lowest BCUT2D eigenvalue weighted by Gasteiger charge is -2.31. The van der Waals surface area contributed by atoms with E-state index in [1.807, 2.05) is 19.2 Å². The number of aromatic nitrogens is 2. The Morgan fingerprint density at radius 3 is 2.67 bits per heavy atom. The molecule has 0 radical (unpaired) electrons. The van der Waals surface area contributed by atoms with Crippen molar-refractivity contribution in [2.75, 3.05) is 24.2 Å². The van der Waals surface area contributed by atoms with Gasteiger partial charge in [0, 0.05) is 24.2 Å². The van der Waals surface area contributed by atoms with Gasteiger partial charge in [0.25, 0.3) is 0 Å². The van der Waals surface area contributed by atoms with Gasteiger partial charge in [-0.2, -0.15) is 10.2 Å². The Morgan fingerprint density at radius 1 is 1.22 bits per heavy atom. The van der Waals surface area contributed by atoms with Crippen LogP contribution < -0.4 is 16.0 Å². The molecular formula is C21H24N6. The van der Waals surface area contributed by atoms with Gasteiger partial charge in [0.1, 0.15) is 5.82 Å². The highest BCUT2D eigenvalue weighted by Crippen LogP contribution is 2.26. The molecule has 0 spiro atoms. The monoisotopic (exact) mass is 360 g/mol. The molecule has 1 aliphatic rings. The zero-order valence-electron chi connectivity index (χ0n) is 15.7. The van der Waals surface area contributed by atoms with Crippen LogP contribution in [0, 0.1) is 29.1 Å². The zero-order valence-corrected chi connectivity index (χ0v) is 15.7. The van der Waals surface area contributed by atoms with Gasteiger partial charge in [0.15, 0.2) is 0 Å². The van der Waals surface area contributed by atoms with E-state index < -0.39 is 0 Å². The predicted octanol–water partition coefficient (Wildman–Crippen LogP) is 3.26. The topological polar surface area (TPSA) is 85.7 Å². The van der Waals surface area contributed by atoms with Gasteiger partial charge >= 0.3 is 0 Å². The van der Waals surface area contributed by atoms with Gasteiger partial charge in [0.2, 0.25) is 5.95 Å².